The van der Waals surface area contributed by atoms with Crippen molar-refractivity contribution in [2.45, 2.75) is 13.8 Å². The monoisotopic (exact) mass is 151 g/mol. The molecule has 1 rings (SSSR count). The highest BCUT2D eigenvalue weighted by Crippen LogP contribution is 1.88. The van der Waals surface area contributed by atoms with Crippen LogP contribution in [0, 0.1) is 12.3 Å². The normalized spacial score (nSPS) is 7.82. The molecule has 3 heteroatoms. The summed E-state index contributed by atoms with van der Waals surface area (Å²) in [7, 11) is 0. The lowest BCUT2D eigenvalue weighted by atomic mass is 10.3. The summed E-state index contributed by atoms with van der Waals surface area (Å²) in [6.45, 7) is 3.55. The minimum absolute atomic E-state index is 0.167. The van der Waals surface area contributed by atoms with Gasteiger partial charge in [-0.25, -0.2) is 0 Å². The van der Waals surface area contributed by atoms with E-state index in [0.29, 0.717) is 0 Å². The van der Waals surface area contributed by atoms with Crippen molar-refractivity contribution in [3.05, 3.63) is 30.1 Å². The van der Waals surface area contributed by atoms with Crippen molar-refractivity contribution in [2.75, 3.05) is 0 Å². The Morgan fingerprint density at radius 1 is 1.64 bits per heavy atom. The number of aryl methyl sites for hydroxylation is 1. The summed E-state index contributed by atoms with van der Waals surface area (Å²) in [5.41, 5.74) is 5.91. The molecule has 0 unspecified atom stereocenters. The van der Waals surface area contributed by atoms with Gasteiger partial charge in [-0.2, -0.15) is 0 Å². The quantitative estimate of drug-likeness (QED) is 0.434. The molecule has 0 radical (unpaired) electrons. The Balaban J connectivity index is 0.000000218. The zero-order chi connectivity index (χ0) is 8.69. The lowest BCUT2D eigenvalue weighted by Gasteiger charge is -1.82. The third-order valence-electron chi connectivity index (χ3n) is 0.809. The number of nitrogens with two attached hydrogens (primary N) is 1. The number of aromatic nitrogens is 1. The SMILES string of the molecule is CC(=N)N.Cc1cccnc1. The van der Waals surface area contributed by atoms with E-state index >= 15 is 0 Å². The van der Waals surface area contributed by atoms with Crippen LogP contribution in [0.15, 0.2) is 24.5 Å². The average molecular weight is 151 g/mol. The summed E-state index contributed by atoms with van der Waals surface area (Å²) < 4.78 is 0. The minimum atomic E-state index is 0.167. The molecular weight excluding hydrogens is 138 g/mol. The van der Waals surface area contributed by atoms with Gasteiger partial charge in [0.2, 0.25) is 0 Å². The first kappa shape index (κ1) is 9.62. The van der Waals surface area contributed by atoms with E-state index in [2.05, 4.69) is 4.98 Å². The number of nitrogens with zero attached hydrogens (tertiary/aromatic N) is 1. The summed E-state index contributed by atoms with van der Waals surface area (Å²) in [6, 6.07) is 3.95. The Bertz CT molecular complexity index is 202. The fourth-order valence-corrected chi connectivity index (χ4v) is 0.448. The minimum Gasteiger partial charge on any atom is -0.388 e. The van der Waals surface area contributed by atoms with Crippen molar-refractivity contribution in [3.8, 4) is 0 Å². The van der Waals surface area contributed by atoms with Gasteiger partial charge in [-0.1, -0.05) is 6.07 Å². The van der Waals surface area contributed by atoms with E-state index in [1.807, 2.05) is 25.3 Å². The molecule has 0 fully saturated rings. The van der Waals surface area contributed by atoms with Crippen molar-refractivity contribution in [1.82, 2.24) is 4.98 Å². The Labute approximate surface area is 66.8 Å². The Hall–Kier alpha value is -1.38. The van der Waals surface area contributed by atoms with E-state index in [-0.39, 0.29) is 5.84 Å². The highest BCUT2D eigenvalue weighted by Gasteiger charge is 1.73. The predicted molar refractivity (Wildman–Crippen MR) is 46.6 cm³/mol. The summed E-state index contributed by atoms with van der Waals surface area (Å²) in [6.07, 6.45) is 3.60. The maximum atomic E-state index is 6.28. The molecule has 0 bridgehead atoms. The lowest BCUT2D eigenvalue weighted by molar-refractivity contribution is 1.27. The molecule has 0 aliphatic rings. The number of amidine groups is 1. The number of hydrogen-bond donors (Lipinski definition) is 2. The van der Waals surface area contributed by atoms with Crippen LogP contribution in [0.25, 0.3) is 0 Å². The van der Waals surface area contributed by atoms with Gasteiger partial charge in [-0.3, -0.25) is 10.4 Å². The smallest absolute Gasteiger partial charge is 0.0873 e. The zero-order valence-electron chi connectivity index (χ0n) is 6.83. The van der Waals surface area contributed by atoms with Crippen molar-refractivity contribution in [1.29, 1.82) is 5.41 Å². The van der Waals surface area contributed by atoms with Crippen molar-refractivity contribution in [3.63, 3.8) is 0 Å². The average Bonchev–Trinajstić information content (AvgIpc) is 1.87. The fourth-order valence-electron chi connectivity index (χ4n) is 0.448. The first-order chi connectivity index (χ1) is 5.13. The van der Waals surface area contributed by atoms with Crippen LogP contribution in [-0.4, -0.2) is 10.8 Å². The van der Waals surface area contributed by atoms with Crippen molar-refractivity contribution >= 4 is 5.84 Å². The van der Waals surface area contributed by atoms with E-state index in [0.717, 1.165) is 0 Å². The van der Waals surface area contributed by atoms with Crippen LogP contribution in [0.4, 0.5) is 0 Å². The highest BCUT2D eigenvalue weighted by atomic mass is 14.7. The largest absolute Gasteiger partial charge is 0.388 e. The molecule has 0 aromatic carbocycles. The van der Waals surface area contributed by atoms with E-state index in [4.69, 9.17) is 11.1 Å². The Morgan fingerprint density at radius 3 is 2.36 bits per heavy atom. The molecule has 11 heavy (non-hydrogen) atoms. The number of hydrogen-bond acceptors (Lipinski definition) is 2. The van der Waals surface area contributed by atoms with Crippen LogP contribution >= 0.6 is 0 Å². The number of pyridine rings is 1. The van der Waals surface area contributed by atoms with E-state index in [9.17, 15) is 0 Å². The van der Waals surface area contributed by atoms with Gasteiger partial charge in [0.15, 0.2) is 0 Å². The van der Waals surface area contributed by atoms with E-state index in [1.165, 1.54) is 12.5 Å². The summed E-state index contributed by atoms with van der Waals surface area (Å²) >= 11 is 0. The summed E-state index contributed by atoms with van der Waals surface area (Å²) in [5.74, 6) is 0.167. The van der Waals surface area contributed by atoms with Crippen molar-refractivity contribution < 1.29 is 0 Å². The first-order valence-corrected chi connectivity index (χ1v) is 3.30. The van der Waals surface area contributed by atoms with Gasteiger partial charge >= 0.3 is 0 Å². The van der Waals surface area contributed by atoms with Crippen LogP contribution in [0.1, 0.15) is 12.5 Å². The first-order valence-electron chi connectivity index (χ1n) is 3.30. The van der Waals surface area contributed by atoms with Gasteiger partial charge in [0, 0.05) is 12.4 Å². The third kappa shape index (κ3) is 8.62. The second kappa shape index (κ2) is 5.41. The number of rotatable bonds is 0. The second-order valence-corrected chi connectivity index (χ2v) is 2.21. The van der Waals surface area contributed by atoms with Gasteiger partial charge in [0.1, 0.15) is 0 Å². The van der Waals surface area contributed by atoms with Crippen LogP contribution in [0.5, 0.6) is 0 Å². The predicted octanol–water partition coefficient (Wildman–Crippen LogP) is 1.33. The van der Waals surface area contributed by atoms with Crippen LogP contribution < -0.4 is 5.73 Å². The molecule has 0 aliphatic carbocycles. The molecule has 0 saturated carbocycles. The fraction of sp³-hybridized carbons (Fsp3) is 0.250. The van der Waals surface area contributed by atoms with Gasteiger partial charge in [0.05, 0.1) is 5.84 Å². The Morgan fingerprint density at radius 2 is 2.18 bits per heavy atom. The molecule has 0 saturated heterocycles. The van der Waals surface area contributed by atoms with Gasteiger partial charge < -0.3 is 5.73 Å². The van der Waals surface area contributed by atoms with Gasteiger partial charge in [0.25, 0.3) is 0 Å². The lowest BCUT2D eigenvalue weighted by Crippen LogP contribution is -2.00. The number of nitrogens with one attached hydrogen (secondary N) is 1. The van der Waals surface area contributed by atoms with Crippen molar-refractivity contribution in [2.24, 2.45) is 5.73 Å². The molecule has 3 nitrogen and oxygen atoms in total. The Kier molecular flexibility index (Phi) is 4.73. The molecule has 60 valence electrons. The third-order valence-corrected chi connectivity index (χ3v) is 0.809. The summed E-state index contributed by atoms with van der Waals surface area (Å²) in [4.78, 5) is 3.88. The molecule has 1 aromatic heterocycles. The molecule has 3 N–H and O–H groups in total. The summed E-state index contributed by atoms with van der Waals surface area (Å²) in [5, 5.41) is 6.28. The maximum absolute atomic E-state index is 6.28. The molecule has 1 heterocycles. The molecular formula is C8H13N3. The second-order valence-electron chi connectivity index (χ2n) is 2.21. The van der Waals surface area contributed by atoms with Crippen LogP contribution in [0.3, 0.4) is 0 Å². The van der Waals surface area contributed by atoms with Crippen LogP contribution in [0.2, 0.25) is 0 Å². The molecule has 0 aliphatic heterocycles. The van der Waals surface area contributed by atoms with E-state index in [1.54, 1.807) is 6.20 Å². The molecule has 0 atom stereocenters. The van der Waals surface area contributed by atoms with Gasteiger partial charge in [-0.05, 0) is 25.5 Å². The molecule has 0 amide bonds. The van der Waals surface area contributed by atoms with Crippen LogP contribution in [-0.2, 0) is 0 Å². The zero-order valence-corrected chi connectivity index (χ0v) is 6.83. The molecule has 0 spiro atoms. The van der Waals surface area contributed by atoms with E-state index < -0.39 is 0 Å². The maximum Gasteiger partial charge on any atom is 0.0873 e. The highest BCUT2D eigenvalue weighted by molar-refractivity contribution is 5.73. The standard InChI is InChI=1S/C6H7N.C2H6N2/c1-6-3-2-4-7-5-6;1-2(3)4/h2-5H,1H3;1H3,(H3,3,4). The topological polar surface area (TPSA) is 62.8 Å². The van der Waals surface area contributed by atoms with Gasteiger partial charge in [-0.15, -0.1) is 0 Å². The molecule has 1 aromatic rings.